The average molecular weight is 233 g/mol. The van der Waals surface area contributed by atoms with Gasteiger partial charge in [-0.05, 0) is 13.8 Å². The van der Waals surface area contributed by atoms with Crippen LogP contribution in [0.4, 0.5) is 0 Å². The maximum Gasteiger partial charge on any atom is 0.225 e. The highest BCUT2D eigenvalue weighted by Gasteiger charge is 2.39. The molecule has 6 nitrogen and oxygen atoms in total. The Kier molecular flexibility index (Phi) is 7.20. The maximum absolute atomic E-state index is 11.0. The minimum Gasteiger partial charge on any atom is -0.381 e. The molecule has 6 heteroatoms. The van der Waals surface area contributed by atoms with Crippen molar-refractivity contribution in [1.29, 1.82) is 0 Å². The van der Waals surface area contributed by atoms with Crippen molar-refractivity contribution in [3.63, 3.8) is 0 Å². The highest BCUT2D eigenvalue weighted by molar-refractivity contribution is 4.76. The van der Waals surface area contributed by atoms with Crippen molar-refractivity contribution in [1.82, 2.24) is 5.73 Å². The summed E-state index contributed by atoms with van der Waals surface area (Å²) >= 11 is 0. The standard InChI is InChI=1S/C10H21N2O4/c1-4-15-7-6-10(3,12(13)14)8-9(11)16-5-2/h9,11H,4-8H2,1-3H3. The van der Waals surface area contributed by atoms with E-state index in [1.807, 2.05) is 6.92 Å². The summed E-state index contributed by atoms with van der Waals surface area (Å²) in [4.78, 5) is 10.6. The van der Waals surface area contributed by atoms with Crippen LogP contribution in [0.5, 0.6) is 0 Å². The van der Waals surface area contributed by atoms with Gasteiger partial charge in [-0.2, -0.15) is 0 Å². The number of ether oxygens (including phenoxy) is 2. The van der Waals surface area contributed by atoms with Crippen molar-refractivity contribution in [3.8, 4) is 0 Å². The molecule has 0 rings (SSSR count). The van der Waals surface area contributed by atoms with E-state index in [0.29, 0.717) is 26.2 Å². The molecule has 0 fully saturated rings. The van der Waals surface area contributed by atoms with Crippen molar-refractivity contribution >= 4 is 0 Å². The lowest BCUT2D eigenvalue weighted by Gasteiger charge is -2.23. The van der Waals surface area contributed by atoms with Crippen molar-refractivity contribution in [2.24, 2.45) is 0 Å². The van der Waals surface area contributed by atoms with Gasteiger partial charge in [0.25, 0.3) is 0 Å². The van der Waals surface area contributed by atoms with Crippen LogP contribution in [-0.2, 0) is 9.47 Å². The fourth-order valence-electron chi connectivity index (χ4n) is 1.36. The minimum atomic E-state index is -1.14. The summed E-state index contributed by atoms with van der Waals surface area (Å²) in [7, 11) is 0. The van der Waals surface area contributed by atoms with Gasteiger partial charge < -0.3 is 9.47 Å². The van der Waals surface area contributed by atoms with E-state index in [0.717, 1.165) is 0 Å². The molecular formula is C10H21N2O4. The van der Waals surface area contributed by atoms with Gasteiger partial charge in [-0.15, -0.1) is 0 Å². The molecule has 2 atom stereocenters. The summed E-state index contributed by atoms with van der Waals surface area (Å²) in [6.45, 7) is 6.43. The lowest BCUT2D eigenvalue weighted by molar-refractivity contribution is -0.570. The zero-order chi connectivity index (χ0) is 12.6. The molecule has 1 N–H and O–H groups in total. The molecule has 0 saturated carbocycles. The Morgan fingerprint density at radius 2 is 2.06 bits per heavy atom. The molecule has 95 valence electrons. The quantitative estimate of drug-likeness (QED) is 0.343. The summed E-state index contributed by atoms with van der Waals surface area (Å²) < 4.78 is 10.1. The molecule has 0 amide bonds. The minimum absolute atomic E-state index is 0.0842. The molecule has 2 unspecified atom stereocenters. The smallest absolute Gasteiger partial charge is 0.225 e. The lowest BCUT2D eigenvalue weighted by atomic mass is 9.94. The Bertz CT molecular complexity index is 213. The number of nitrogens with one attached hydrogen (secondary N) is 1. The first kappa shape index (κ1) is 15.3. The molecule has 0 aliphatic heterocycles. The van der Waals surface area contributed by atoms with Gasteiger partial charge >= 0.3 is 0 Å². The lowest BCUT2D eigenvalue weighted by Crippen LogP contribution is -2.40. The van der Waals surface area contributed by atoms with Crippen LogP contribution in [0.15, 0.2) is 0 Å². The summed E-state index contributed by atoms with van der Waals surface area (Å²) in [6, 6.07) is 0. The van der Waals surface area contributed by atoms with E-state index in [1.54, 1.807) is 6.92 Å². The molecular weight excluding hydrogens is 212 g/mol. The highest BCUT2D eigenvalue weighted by Crippen LogP contribution is 2.21. The molecule has 0 aromatic heterocycles. The van der Waals surface area contributed by atoms with E-state index in [1.165, 1.54) is 6.92 Å². The third kappa shape index (κ3) is 5.39. The van der Waals surface area contributed by atoms with Gasteiger partial charge in [-0.3, -0.25) is 10.1 Å². The predicted octanol–water partition coefficient (Wildman–Crippen LogP) is 1.48. The van der Waals surface area contributed by atoms with Gasteiger partial charge in [-0.1, -0.05) is 0 Å². The maximum atomic E-state index is 11.0. The number of hydrogen-bond donors (Lipinski definition) is 0. The molecule has 0 saturated heterocycles. The van der Waals surface area contributed by atoms with Gasteiger partial charge in [0.05, 0.1) is 13.0 Å². The van der Waals surface area contributed by atoms with Crippen molar-refractivity contribution in [2.45, 2.75) is 45.4 Å². The van der Waals surface area contributed by atoms with Crippen LogP contribution in [0.1, 0.15) is 33.6 Å². The molecule has 0 bridgehead atoms. The number of hydrogen-bond acceptors (Lipinski definition) is 4. The second kappa shape index (κ2) is 7.54. The Hall–Kier alpha value is -0.720. The largest absolute Gasteiger partial charge is 0.381 e. The second-order valence-corrected chi connectivity index (χ2v) is 3.85. The molecule has 0 heterocycles. The number of nitro groups is 1. The molecule has 0 aromatic carbocycles. The first-order valence-corrected chi connectivity index (χ1v) is 5.51. The number of nitrogens with zero attached hydrogens (tertiary/aromatic N) is 1. The fourth-order valence-corrected chi connectivity index (χ4v) is 1.36. The van der Waals surface area contributed by atoms with Crippen LogP contribution in [0.2, 0.25) is 0 Å². The van der Waals surface area contributed by atoms with Gasteiger partial charge in [0.1, 0.15) is 6.23 Å². The molecule has 0 aliphatic carbocycles. The van der Waals surface area contributed by atoms with Crippen molar-refractivity contribution in [2.75, 3.05) is 19.8 Å². The van der Waals surface area contributed by atoms with E-state index in [4.69, 9.17) is 15.2 Å². The van der Waals surface area contributed by atoms with Crippen LogP contribution in [-0.4, -0.2) is 36.5 Å². The summed E-state index contributed by atoms with van der Waals surface area (Å²) in [5.41, 5.74) is 6.39. The normalized spacial score (nSPS) is 16.8. The van der Waals surface area contributed by atoms with Crippen LogP contribution < -0.4 is 5.73 Å². The average Bonchev–Trinajstić information content (AvgIpc) is 2.18. The Morgan fingerprint density at radius 3 is 2.50 bits per heavy atom. The van der Waals surface area contributed by atoms with E-state index < -0.39 is 11.8 Å². The predicted molar refractivity (Wildman–Crippen MR) is 59.6 cm³/mol. The van der Waals surface area contributed by atoms with Crippen LogP contribution in [0.25, 0.3) is 0 Å². The zero-order valence-electron chi connectivity index (χ0n) is 10.2. The van der Waals surface area contributed by atoms with Crippen LogP contribution in [0.3, 0.4) is 0 Å². The van der Waals surface area contributed by atoms with E-state index in [9.17, 15) is 10.1 Å². The molecule has 0 aromatic rings. The Morgan fingerprint density at radius 1 is 1.44 bits per heavy atom. The topological polar surface area (TPSA) is 85.4 Å². The monoisotopic (exact) mass is 233 g/mol. The zero-order valence-corrected chi connectivity index (χ0v) is 10.2. The summed E-state index contributed by atoms with van der Waals surface area (Å²) in [5.74, 6) is 0. The molecule has 16 heavy (non-hydrogen) atoms. The third-order valence-corrected chi connectivity index (χ3v) is 2.42. The first-order valence-electron chi connectivity index (χ1n) is 5.51. The number of rotatable bonds is 9. The Labute approximate surface area is 96.2 Å². The van der Waals surface area contributed by atoms with Gasteiger partial charge in [0.2, 0.25) is 5.54 Å². The Balaban J connectivity index is 4.26. The molecule has 0 aliphatic rings. The second-order valence-electron chi connectivity index (χ2n) is 3.85. The van der Waals surface area contributed by atoms with Gasteiger partial charge in [0, 0.05) is 31.5 Å². The van der Waals surface area contributed by atoms with E-state index >= 15 is 0 Å². The van der Waals surface area contributed by atoms with Gasteiger partial charge in [-0.25, -0.2) is 5.73 Å². The van der Waals surface area contributed by atoms with E-state index in [-0.39, 0.29) is 11.3 Å². The van der Waals surface area contributed by atoms with Crippen molar-refractivity contribution < 1.29 is 14.4 Å². The van der Waals surface area contributed by atoms with Crippen LogP contribution >= 0.6 is 0 Å². The fraction of sp³-hybridized carbons (Fsp3) is 1.00. The SMILES string of the molecule is CCOCCC(C)(CC([NH])OCC)[N+](=O)[O-]. The molecule has 0 spiro atoms. The molecule has 1 radical (unpaired) electrons. The van der Waals surface area contributed by atoms with Crippen LogP contribution in [0, 0.1) is 10.1 Å². The summed E-state index contributed by atoms with van der Waals surface area (Å²) in [5, 5.41) is 11.0. The highest BCUT2D eigenvalue weighted by atomic mass is 16.6. The van der Waals surface area contributed by atoms with Crippen molar-refractivity contribution in [3.05, 3.63) is 10.1 Å². The third-order valence-electron chi connectivity index (χ3n) is 2.42. The van der Waals surface area contributed by atoms with E-state index in [2.05, 4.69) is 0 Å². The van der Waals surface area contributed by atoms with Gasteiger partial charge in [0.15, 0.2) is 0 Å². The summed E-state index contributed by atoms with van der Waals surface area (Å²) in [6.07, 6.45) is -0.459. The first-order chi connectivity index (χ1) is 7.46.